The molecule has 0 aromatic carbocycles. The molecular weight excluding hydrogens is 228 g/mol. The Kier molecular flexibility index (Phi) is 6.60. The summed E-state index contributed by atoms with van der Waals surface area (Å²) in [5, 5.41) is 6.38. The predicted molar refractivity (Wildman–Crippen MR) is 74.6 cm³/mol. The van der Waals surface area contributed by atoms with Crippen LogP contribution in [0.5, 0.6) is 0 Å². The van der Waals surface area contributed by atoms with Crippen LogP contribution in [0.3, 0.4) is 0 Å². The molecule has 0 aromatic heterocycles. The third kappa shape index (κ3) is 4.92. The highest BCUT2D eigenvalue weighted by Gasteiger charge is 2.23. The first-order valence-electron chi connectivity index (χ1n) is 6.89. The van der Waals surface area contributed by atoms with E-state index in [2.05, 4.69) is 29.4 Å². The van der Waals surface area contributed by atoms with Gasteiger partial charge in [0.1, 0.15) is 0 Å². The van der Waals surface area contributed by atoms with E-state index in [9.17, 15) is 4.79 Å². The van der Waals surface area contributed by atoms with Gasteiger partial charge in [0.2, 0.25) is 5.91 Å². The molecular formula is C13H28N4O. The summed E-state index contributed by atoms with van der Waals surface area (Å²) in [6.07, 6.45) is 0. The Hall–Kier alpha value is -0.650. The van der Waals surface area contributed by atoms with Gasteiger partial charge in [0.15, 0.2) is 0 Å². The number of amides is 1. The van der Waals surface area contributed by atoms with Crippen LogP contribution in [0.15, 0.2) is 0 Å². The Labute approximate surface area is 111 Å². The van der Waals surface area contributed by atoms with E-state index in [-0.39, 0.29) is 11.9 Å². The maximum Gasteiger partial charge on any atom is 0.237 e. The Morgan fingerprint density at radius 3 is 2.44 bits per heavy atom. The lowest BCUT2D eigenvalue weighted by atomic mass is 10.0. The lowest BCUT2D eigenvalue weighted by molar-refractivity contribution is -0.127. The zero-order chi connectivity index (χ0) is 13.5. The molecule has 0 saturated carbocycles. The topological polar surface area (TPSA) is 47.6 Å². The maximum absolute atomic E-state index is 12.1. The first kappa shape index (κ1) is 15.4. The summed E-state index contributed by atoms with van der Waals surface area (Å²) in [7, 11) is 3.92. The van der Waals surface area contributed by atoms with Crippen LogP contribution < -0.4 is 10.6 Å². The summed E-state index contributed by atoms with van der Waals surface area (Å²) in [6.45, 7) is 10.1. The van der Waals surface area contributed by atoms with Crippen molar-refractivity contribution >= 4 is 5.91 Å². The second-order valence-corrected chi connectivity index (χ2v) is 5.54. The van der Waals surface area contributed by atoms with E-state index in [1.54, 1.807) is 0 Å². The van der Waals surface area contributed by atoms with Gasteiger partial charge in [0.25, 0.3) is 0 Å². The van der Waals surface area contributed by atoms with E-state index in [0.29, 0.717) is 5.92 Å². The highest BCUT2D eigenvalue weighted by atomic mass is 16.2. The average molecular weight is 256 g/mol. The Bertz CT molecular complexity index is 241. The zero-order valence-electron chi connectivity index (χ0n) is 12.2. The summed E-state index contributed by atoms with van der Waals surface area (Å²) < 4.78 is 0. The lowest BCUT2D eigenvalue weighted by Gasteiger charge is -2.29. The summed E-state index contributed by atoms with van der Waals surface area (Å²) in [5.41, 5.74) is 0. The minimum atomic E-state index is -0.0342. The zero-order valence-corrected chi connectivity index (χ0v) is 12.2. The first-order valence-corrected chi connectivity index (χ1v) is 6.89. The van der Waals surface area contributed by atoms with Crippen LogP contribution in [-0.4, -0.2) is 75.1 Å². The molecule has 1 fully saturated rings. The van der Waals surface area contributed by atoms with Crippen LogP contribution in [0.1, 0.15) is 13.8 Å². The van der Waals surface area contributed by atoms with Crippen molar-refractivity contribution in [1.82, 2.24) is 20.4 Å². The smallest absolute Gasteiger partial charge is 0.237 e. The molecule has 1 aliphatic rings. The van der Waals surface area contributed by atoms with Crippen LogP contribution in [0.2, 0.25) is 0 Å². The number of carbonyl (C=O) groups excluding carboxylic acids is 1. The second kappa shape index (κ2) is 7.71. The van der Waals surface area contributed by atoms with Crippen molar-refractivity contribution in [1.29, 1.82) is 0 Å². The molecule has 0 aromatic rings. The Morgan fingerprint density at radius 1 is 1.33 bits per heavy atom. The number of rotatable bonds is 6. The van der Waals surface area contributed by atoms with Gasteiger partial charge in [-0.2, -0.15) is 0 Å². The van der Waals surface area contributed by atoms with Crippen molar-refractivity contribution in [2.24, 2.45) is 5.92 Å². The molecule has 1 amide bonds. The largest absolute Gasteiger partial charge is 0.353 e. The van der Waals surface area contributed by atoms with Crippen molar-refractivity contribution in [3.05, 3.63) is 0 Å². The molecule has 0 aliphatic carbocycles. The van der Waals surface area contributed by atoms with Crippen molar-refractivity contribution in [3.8, 4) is 0 Å². The van der Waals surface area contributed by atoms with E-state index in [1.165, 1.54) is 0 Å². The van der Waals surface area contributed by atoms with Crippen LogP contribution in [0.25, 0.3) is 0 Å². The molecule has 1 aliphatic heterocycles. The molecule has 2 N–H and O–H groups in total. The van der Waals surface area contributed by atoms with Gasteiger partial charge in [-0.05, 0) is 20.0 Å². The van der Waals surface area contributed by atoms with Crippen molar-refractivity contribution in [3.63, 3.8) is 0 Å². The standard InChI is InChI=1S/C13H28N4O/c1-11(2)12(16(3)4)13(18)15-7-10-17-8-5-14-6-9-17/h11-12,14H,5-10H2,1-4H3,(H,15,18). The van der Waals surface area contributed by atoms with Crippen LogP contribution in [0, 0.1) is 5.92 Å². The molecule has 1 heterocycles. The van der Waals surface area contributed by atoms with E-state index in [0.717, 1.165) is 39.3 Å². The highest BCUT2D eigenvalue weighted by molar-refractivity contribution is 5.81. The van der Waals surface area contributed by atoms with Gasteiger partial charge in [-0.3, -0.25) is 14.6 Å². The van der Waals surface area contributed by atoms with Gasteiger partial charge in [-0.1, -0.05) is 13.8 Å². The molecule has 1 rings (SSSR count). The van der Waals surface area contributed by atoms with Gasteiger partial charge in [-0.15, -0.1) is 0 Å². The van der Waals surface area contributed by atoms with Crippen molar-refractivity contribution < 1.29 is 4.79 Å². The molecule has 18 heavy (non-hydrogen) atoms. The molecule has 106 valence electrons. The van der Waals surface area contributed by atoms with Crippen LogP contribution >= 0.6 is 0 Å². The molecule has 0 radical (unpaired) electrons. The van der Waals surface area contributed by atoms with Gasteiger partial charge < -0.3 is 10.6 Å². The summed E-state index contributed by atoms with van der Waals surface area (Å²) in [6, 6.07) is -0.0342. The fraction of sp³-hybridized carbons (Fsp3) is 0.923. The highest BCUT2D eigenvalue weighted by Crippen LogP contribution is 2.07. The molecule has 1 saturated heterocycles. The number of hydrogen-bond acceptors (Lipinski definition) is 4. The number of carbonyl (C=O) groups is 1. The second-order valence-electron chi connectivity index (χ2n) is 5.54. The van der Waals surface area contributed by atoms with Crippen LogP contribution in [-0.2, 0) is 4.79 Å². The number of nitrogens with zero attached hydrogens (tertiary/aromatic N) is 2. The maximum atomic E-state index is 12.1. The number of piperazine rings is 1. The Balaban J connectivity index is 2.26. The van der Waals surface area contributed by atoms with Gasteiger partial charge in [0, 0.05) is 39.3 Å². The van der Waals surface area contributed by atoms with E-state index in [4.69, 9.17) is 0 Å². The first-order chi connectivity index (χ1) is 8.52. The van der Waals surface area contributed by atoms with Gasteiger partial charge in [0.05, 0.1) is 6.04 Å². The molecule has 1 atom stereocenters. The third-order valence-corrected chi connectivity index (χ3v) is 3.39. The quantitative estimate of drug-likeness (QED) is 0.678. The summed E-state index contributed by atoms with van der Waals surface area (Å²) in [5.74, 6) is 0.476. The average Bonchev–Trinajstić information content (AvgIpc) is 2.29. The van der Waals surface area contributed by atoms with Crippen molar-refractivity contribution in [2.45, 2.75) is 19.9 Å². The molecule has 5 nitrogen and oxygen atoms in total. The normalized spacial score (nSPS) is 19.2. The minimum absolute atomic E-state index is 0.0342. The lowest BCUT2D eigenvalue weighted by Crippen LogP contribution is -2.50. The molecule has 0 bridgehead atoms. The van der Waals surface area contributed by atoms with Crippen LogP contribution in [0.4, 0.5) is 0 Å². The monoisotopic (exact) mass is 256 g/mol. The minimum Gasteiger partial charge on any atom is -0.353 e. The fourth-order valence-corrected chi connectivity index (χ4v) is 2.51. The van der Waals surface area contributed by atoms with Gasteiger partial charge >= 0.3 is 0 Å². The molecule has 5 heteroatoms. The van der Waals surface area contributed by atoms with E-state index >= 15 is 0 Å². The summed E-state index contributed by atoms with van der Waals surface area (Å²) in [4.78, 5) is 16.5. The van der Waals surface area contributed by atoms with E-state index in [1.807, 2.05) is 19.0 Å². The number of likely N-dealkylation sites (N-methyl/N-ethyl adjacent to an activating group) is 1. The number of nitrogens with one attached hydrogen (secondary N) is 2. The molecule has 0 spiro atoms. The SMILES string of the molecule is CC(C)C(C(=O)NCCN1CCNCC1)N(C)C. The predicted octanol–water partition coefficient (Wildman–Crippen LogP) is -0.406. The van der Waals surface area contributed by atoms with Gasteiger partial charge in [-0.25, -0.2) is 0 Å². The Morgan fingerprint density at radius 2 is 1.94 bits per heavy atom. The van der Waals surface area contributed by atoms with Crippen molar-refractivity contribution in [2.75, 3.05) is 53.4 Å². The molecule has 1 unspecified atom stereocenters. The third-order valence-electron chi connectivity index (χ3n) is 3.39. The fourth-order valence-electron chi connectivity index (χ4n) is 2.51. The summed E-state index contributed by atoms with van der Waals surface area (Å²) >= 11 is 0. The number of hydrogen-bond donors (Lipinski definition) is 2. The van der Waals surface area contributed by atoms with E-state index < -0.39 is 0 Å².